The molecule has 2 heterocycles. The molecule has 1 atom stereocenters. The van der Waals surface area contributed by atoms with Gasteiger partial charge in [0.15, 0.2) is 0 Å². The number of halogens is 1. The van der Waals surface area contributed by atoms with E-state index in [0.29, 0.717) is 11.8 Å². The largest absolute Gasteiger partial charge is 0.281 e. The lowest BCUT2D eigenvalue weighted by molar-refractivity contribution is 0.613. The van der Waals surface area contributed by atoms with Crippen LogP contribution in [-0.4, -0.2) is 20.0 Å². The lowest BCUT2D eigenvalue weighted by atomic mass is 10.1. The van der Waals surface area contributed by atoms with Crippen LogP contribution in [0.2, 0.25) is 0 Å². The predicted octanol–water partition coefficient (Wildman–Crippen LogP) is 6.42. The summed E-state index contributed by atoms with van der Waals surface area (Å²) >= 11 is 5.53. The van der Waals surface area contributed by atoms with Gasteiger partial charge >= 0.3 is 0 Å². The van der Waals surface area contributed by atoms with E-state index in [1.807, 2.05) is 18.2 Å². The summed E-state index contributed by atoms with van der Waals surface area (Å²) in [5.74, 6) is 1.99. The van der Waals surface area contributed by atoms with Gasteiger partial charge in [0.05, 0.1) is 5.69 Å². The van der Waals surface area contributed by atoms with Gasteiger partial charge in [-0.15, -0.1) is 11.3 Å². The molecule has 1 aromatic carbocycles. The fourth-order valence-electron chi connectivity index (χ4n) is 2.99. The molecule has 3 aromatic rings. The first-order chi connectivity index (χ1) is 12.8. The van der Waals surface area contributed by atoms with Gasteiger partial charge in [-0.3, -0.25) is 8.78 Å². The van der Waals surface area contributed by atoms with Crippen molar-refractivity contribution in [3.05, 3.63) is 52.5 Å². The number of benzene rings is 1. The minimum atomic E-state index is -0.976. The molecule has 0 N–H and O–H groups in total. The molecule has 1 unspecified atom stereocenters. The van der Waals surface area contributed by atoms with Crippen molar-refractivity contribution in [2.75, 3.05) is 6.26 Å². The predicted molar refractivity (Wildman–Crippen MR) is 120 cm³/mol. The number of hydrogen-bond donors (Lipinski definition) is 0. The molecular weight excluding hydrogens is 440 g/mol. The molecule has 3 rings (SSSR count). The maximum Gasteiger partial charge on any atom is 0.115 e. The summed E-state index contributed by atoms with van der Waals surface area (Å²) < 4.78 is 15.1. The van der Waals surface area contributed by atoms with Crippen LogP contribution < -0.4 is 0 Å². The maximum atomic E-state index is 11.8. The quantitative estimate of drug-likeness (QED) is 0.421. The molecule has 0 amide bonds. The second-order valence-corrected chi connectivity index (χ2v) is 10.6. The second kappa shape index (κ2) is 8.41. The van der Waals surface area contributed by atoms with Gasteiger partial charge in [-0.25, -0.2) is 4.98 Å². The van der Waals surface area contributed by atoms with Gasteiger partial charge < -0.3 is 0 Å². The zero-order valence-corrected chi connectivity index (χ0v) is 19.5. The van der Waals surface area contributed by atoms with Crippen LogP contribution in [0.25, 0.3) is 15.4 Å². The average molecular weight is 465 g/mol. The smallest absolute Gasteiger partial charge is 0.115 e. The van der Waals surface area contributed by atoms with E-state index in [2.05, 4.69) is 66.4 Å². The lowest BCUT2D eigenvalue weighted by Gasteiger charge is -2.09. The van der Waals surface area contributed by atoms with Crippen LogP contribution in [0.15, 0.2) is 45.9 Å². The highest BCUT2D eigenvalue weighted by Gasteiger charge is 2.20. The van der Waals surface area contributed by atoms with Gasteiger partial charge in [-0.2, -0.15) is 0 Å². The minimum absolute atomic E-state index is 0.363. The molecule has 3 nitrogen and oxygen atoms in total. The number of thiophene rings is 1. The molecule has 6 heteroatoms. The van der Waals surface area contributed by atoms with E-state index in [1.165, 1.54) is 4.88 Å². The van der Waals surface area contributed by atoms with Crippen molar-refractivity contribution in [1.82, 2.24) is 9.55 Å². The first kappa shape index (κ1) is 20.5. The summed E-state index contributed by atoms with van der Waals surface area (Å²) in [6.45, 7) is 8.79. The number of imidazole rings is 1. The van der Waals surface area contributed by atoms with Crippen molar-refractivity contribution in [2.45, 2.75) is 44.9 Å². The van der Waals surface area contributed by atoms with Crippen LogP contribution in [0, 0.1) is 5.92 Å². The van der Waals surface area contributed by atoms with Crippen molar-refractivity contribution in [3.63, 3.8) is 0 Å². The van der Waals surface area contributed by atoms with Crippen molar-refractivity contribution in [2.24, 2.45) is 5.92 Å². The number of aromatic nitrogens is 2. The number of rotatable bonds is 6. The summed E-state index contributed by atoms with van der Waals surface area (Å²) in [6.07, 6.45) is 2.65. The van der Waals surface area contributed by atoms with Crippen LogP contribution in [0.4, 0.5) is 0 Å². The van der Waals surface area contributed by atoms with Gasteiger partial charge in [0, 0.05) is 33.2 Å². The van der Waals surface area contributed by atoms with E-state index in [1.54, 1.807) is 17.6 Å². The normalized spacial score (nSPS) is 12.9. The molecule has 0 radical (unpaired) electrons. The van der Waals surface area contributed by atoms with E-state index in [0.717, 1.165) is 38.0 Å². The zero-order chi connectivity index (χ0) is 19.7. The van der Waals surface area contributed by atoms with Crippen molar-refractivity contribution >= 4 is 38.1 Å². The third kappa shape index (κ3) is 4.44. The average Bonchev–Trinajstić information content (AvgIpc) is 3.19. The van der Waals surface area contributed by atoms with E-state index >= 15 is 0 Å². The van der Waals surface area contributed by atoms with Gasteiger partial charge in [-0.05, 0) is 57.6 Å². The first-order valence-electron chi connectivity index (χ1n) is 9.09. The zero-order valence-electron chi connectivity index (χ0n) is 16.3. The van der Waals surface area contributed by atoms with E-state index in [4.69, 9.17) is 4.98 Å². The van der Waals surface area contributed by atoms with Crippen molar-refractivity contribution < 1.29 is 4.21 Å². The molecule has 0 bridgehead atoms. The molecule has 0 saturated carbocycles. The number of hydrogen-bond acceptors (Lipinski definition) is 3. The lowest BCUT2D eigenvalue weighted by Crippen LogP contribution is -2.04. The van der Waals surface area contributed by atoms with Crippen LogP contribution in [0.3, 0.4) is 0 Å². The Bertz CT molecular complexity index is 972. The highest BCUT2D eigenvalue weighted by atomic mass is 79.9. The van der Waals surface area contributed by atoms with E-state index < -0.39 is 10.8 Å². The standard InChI is InChI=1S/C21H25BrN2OS2/c1-13(2)11-18-23-20(14(3)4)21(22)24(18)19-10-9-17(26-19)15-7-6-8-16(12-15)27(5)25/h6-10,12-14H,11H2,1-5H3. The third-order valence-electron chi connectivity index (χ3n) is 4.32. The van der Waals surface area contributed by atoms with Crippen LogP contribution in [-0.2, 0) is 17.2 Å². The number of nitrogens with zero attached hydrogens (tertiary/aromatic N) is 2. The van der Waals surface area contributed by atoms with Gasteiger partial charge in [0.25, 0.3) is 0 Å². The SMILES string of the molecule is CC(C)Cc1nc(C(C)C)c(Br)n1-c1ccc(-c2cccc(S(C)=O)c2)s1. The molecule has 0 spiro atoms. The molecule has 0 aliphatic carbocycles. The molecule has 0 aliphatic rings. The molecule has 0 saturated heterocycles. The Balaban J connectivity index is 2.06. The molecule has 2 aromatic heterocycles. The van der Waals surface area contributed by atoms with Gasteiger partial charge in [-0.1, -0.05) is 39.8 Å². The van der Waals surface area contributed by atoms with Gasteiger partial charge in [0.1, 0.15) is 15.4 Å². The van der Waals surface area contributed by atoms with Crippen molar-refractivity contribution in [1.29, 1.82) is 0 Å². The Kier molecular flexibility index (Phi) is 6.39. The molecule has 0 aliphatic heterocycles. The summed E-state index contributed by atoms with van der Waals surface area (Å²) in [5.41, 5.74) is 2.20. The Morgan fingerprint density at radius 1 is 1.19 bits per heavy atom. The summed E-state index contributed by atoms with van der Waals surface area (Å²) in [7, 11) is -0.976. The van der Waals surface area contributed by atoms with Crippen LogP contribution in [0.1, 0.15) is 45.1 Å². The third-order valence-corrected chi connectivity index (χ3v) is 7.11. The Morgan fingerprint density at radius 2 is 1.93 bits per heavy atom. The highest BCUT2D eigenvalue weighted by Crippen LogP contribution is 2.36. The summed E-state index contributed by atoms with van der Waals surface area (Å²) in [4.78, 5) is 6.95. The summed E-state index contributed by atoms with van der Waals surface area (Å²) in [6, 6.07) is 12.3. The highest BCUT2D eigenvalue weighted by molar-refractivity contribution is 9.10. The summed E-state index contributed by atoms with van der Waals surface area (Å²) in [5, 5.41) is 1.15. The topological polar surface area (TPSA) is 34.9 Å². The van der Waals surface area contributed by atoms with Crippen molar-refractivity contribution in [3.8, 4) is 15.4 Å². The Labute approximate surface area is 176 Å². The van der Waals surface area contributed by atoms with Crippen LogP contribution >= 0.6 is 27.3 Å². The fourth-order valence-corrected chi connectivity index (χ4v) is 5.64. The fraction of sp³-hybridized carbons (Fsp3) is 0.381. The monoisotopic (exact) mass is 464 g/mol. The van der Waals surface area contributed by atoms with Crippen LogP contribution in [0.5, 0.6) is 0 Å². The molecule has 144 valence electrons. The Morgan fingerprint density at radius 3 is 2.56 bits per heavy atom. The minimum Gasteiger partial charge on any atom is -0.281 e. The molecular formula is C21H25BrN2OS2. The van der Waals surface area contributed by atoms with Gasteiger partial charge in [0.2, 0.25) is 0 Å². The Hall–Kier alpha value is -1.24. The first-order valence-corrected chi connectivity index (χ1v) is 12.3. The molecule has 0 fully saturated rings. The molecule has 27 heavy (non-hydrogen) atoms. The maximum absolute atomic E-state index is 11.8. The van der Waals surface area contributed by atoms with E-state index in [9.17, 15) is 4.21 Å². The van der Waals surface area contributed by atoms with E-state index in [-0.39, 0.29) is 0 Å². The second-order valence-electron chi connectivity index (χ2n) is 7.41.